The Bertz CT molecular complexity index is 338. The molecule has 12 heavy (non-hydrogen) atoms. The van der Waals surface area contributed by atoms with Crippen LogP contribution >= 0.6 is 15.9 Å². The van der Waals surface area contributed by atoms with Crippen molar-refractivity contribution in [3.63, 3.8) is 0 Å². The molecule has 0 atom stereocenters. The van der Waals surface area contributed by atoms with Gasteiger partial charge < -0.3 is 5.11 Å². The summed E-state index contributed by atoms with van der Waals surface area (Å²) in [6.45, 7) is 0. The number of carboxylic acid groups (broad SMARTS) is 1. The summed E-state index contributed by atoms with van der Waals surface area (Å²) in [6.07, 6.45) is 0. The number of aromatic carboxylic acids is 1. The number of hydrogen-bond acceptors (Lipinski definition) is 1. The standard InChI is InChI=1S/C7H3BrF2O2/c8-3-1-2-4(9)6(10)5(3)7(11)12/h1-2H,(H,11,12). The highest BCUT2D eigenvalue weighted by molar-refractivity contribution is 9.10. The van der Waals surface area contributed by atoms with E-state index in [9.17, 15) is 13.6 Å². The quantitative estimate of drug-likeness (QED) is 0.761. The molecule has 0 aliphatic rings. The maximum absolute atomic E-state index is 12.7. The van der Waals surface area contributed by atoms with Crippen LogP contribution in [0.5, 0.6) is 0 Å². The normalized spacial score (nSPS) is 9.92. The molecule has 2 nitrogen and oxygen atoms in total. The lowest BCUT2D eigenvalue weighted by Crippen LogP contribution is -2.03. The number of halogens is 3. The zero-order valence-electron chi connectivity index (χ0n) is 5.64. The van der Waals surface area contributed by atoms with E-state index in [1.807, 2.05) is 0 Å². The van der Waals surface area contributed by atoms with E-state index in [0.717, 1.165) is 12.1 Å². The predicted molar refractivity (Wildman–Crippen MR) is 41.0 cm³/mol. The molecular formula is C7H3BrF2O2. The van der Waals surface area contributed by atoms with E-state index in [2.05, 4.69) is 15.9 Å². The van der Waals surface area contributed by atoms with Crippen LogP contribution in [0, 0.1) is 11.6 Å². The highest BCUT2D eigenvalue weighted by atomic mass is 79.9. The van der Waals surface area contributed by atoms with Crippen LogP contribution in [0.1, 0.15) is 10.4 Å². The molecule has 1 N–H and O–H groups in total. The summed E-state index contributed by atoms with van der Waals surface area (Å²) in [5, 5.41) is 8.43. The second-order valence-electron chi connectivity index (χ2n) is 2.02. The van der Waals surface area contributed by atoms with Gasteiger partial charge in [-0.1, -0.05) is 0 Å². The van der Waals surface area contributed by atoms with E-state index >= 15 is 0 Å². The second-order valence-corrected chi connectivity index (χ2v) is 2.88. The first-order valence-electron chi connectivity index (χ1n) is 2.91. The highest BCUT2D eigenvalue weighted by Gasteiger charge is 2.17. The van der Waals surface area contributed by atoms with Gasteiger partial charge in [0.15, 0.2) is 11.6 Å². The van der Waals surface area contributed by atoms with Crippen LogP contribution in [-0.2, 0) is 0 Å². The van der Waals surface area contributed by atoms with Gasteiger partial charge in [-0.3, -0.25) is 0 Å². The number of rotatable bonds is 1. The summed E-state index contributed by atoms with van der Waals surface area (Å²) >= 11 is 2.79. The molecule has 1 rings (SSSR count). The van der Waals surface area contributed by atoms with Gasteiger partial charge >= 0.3 is 5.97 Å². The number of benzene rings is 1. The van der Waals surface area contributed by atoms with Gasteiger partial charge in [0.05, 0.1) is 0 Å². The monoisotopic (exact) mass is 236 g/mol. The van der Waals surface area contributed by atoms with Crippen LogP contribution in [0.25, 0.3) is 0 Å². The Kier molecular flexibility index (Phi) is 2.42. The van der Waals surface area contributed by atoms with Crippen LogP contribution in [-0.4, -0.2) is 11.1 Å². The summed E-state index contributed by atoms with van der Waals surface area (Å²) in [5.41, 5.74) is -0.685. The summed E-state index contributed by atoms with van der Waals surface area (Å²) in [6, 6.07) is 1.99. The van der Waals surface area contributed by atoms with Crippen LogP contribution in [0.3, 0.4) is 0 Å². The summed E-state index contributed by atoms with van der Waals surface area (Å²) in [5.74, 6) is -4.02. The van der Waals surface area contributed by atoms with E-state index in [-0.39, 0.29) is 4.47 Å². The van der Waals surface area contributed by atoms with Crippen molar-refractivity contribution in [3.8, 4) is 0 Å². The number of carbonyl (C=O) groups is 1. The molecular weight excluding hydrogens is 234 g/mol. The average molecular weight is 237 g/mol. The van der Waals surface area contributed by atoms with Crippen LogP contribution < -0.4 is 0 Å². The molecule has 1 aromatic rings. The van der Waals surface area contributed by atoms with Gasteiger partial charge in [-0.25, -0.2) is 13.6 Å². The Morgan fingerprint density at radius 3 is 2.42 bits per heavy atom. The molecule has 0 spiro atoms. The summed E-state index contributed by atoms with van der Waals surface area (Å²) < 4.78 is 25.2. The molecule has 1 aromatic carbocycles. The molecule has 0 heterocycles. The van der Waals surface area contributed by atoms with Gasteiger partial charge in [0.1, 0.15) is 5.56 Å². The average Bonchev–Trinajstić information content (AvgIpc) is 1.97. The first-order valence-corrected chi connectivity index (χ1v) is 3.70. The van der Waals surface area contributed by atoms with Crippen molar-refractivity contribution in [1.82, 2.24) is 0 Å². The number of hydrogen-bond donors (Lipinski definition) is 1. The Hall–Kier alpha value is -0.970. The highest BCUT2D eigenvalue weighted by Crippen LogP contribution is 2.21. The fraction of sp³-hybridized carbons (Fsp3) is 0. The lowest BCUT2D eigenvalue weighted by atomic mass is 10.2. The molecule has 0 fully saturated rings. The van der Waals surface area contributed by atoms with Gasteiger partial charge in [-0.2, -0.15) is 0 Å². The third kappa shape index (κ3) is 1.45. The van der Waals surface area contributed by atoms with E-state index < -0.39 is 23.2 Å². The minimum absolute atomic E-state index is 0.0221. The van der Waals surface area contributed by atoms with Gasteiger partial charge in [0.25, 0.3) is 0 Å². The zero-order valence-corrected chi connectivity index (χ0v) is 7.23. The predicted octanol–water partition coefficient (Wildman–Crippen LogP) is 2.43. The molecule has 0 unspecified atom stereocenters. The fourth-order valence-electron chi connectivity index (χ4n) is 0.723. The summed E-state index contributed by atoms with van der Waals surface area (Å²) in [4.78, 5) is 10.4. The summed E-state index contributed by atoms with van der Waals surface area (Å²) in [7, 11) is 0. The van der Waals surface area contributed by atoms with Gasteiger partial charge in [-0.15, -0.1) is 0 Å². The molecule has 0 saturated carbocycles. The maximum atomic E-state index is 12.7. The molecule has 0 saturated heterocycles. The molecule has 0 bridgehead atoms. The van der Waals surface area contributed by atoms with Crippen molar-refractivity contribution in [2.24, 2.45) is 0 Å². The fourth-order valence-corrected chi connectivity index (χ4v) is 1.20. The van der Waals surface area contributed by atoms with Crippen molar-refractivity contribution in [1.29, 1.82) is 0 Å². The van der Waals surface area contributed by atoms with Crippen molar-refractivity contribution < 1.29 is 18.7 Å². The largest absolute Gasteiger partial charge is 0.478 e. The molecule has 0 amide bonds. The molecule has 5 heteroatoms. The van der Waals surface area contributed by atoms with Gasteiger partial charge in [-0.05, 0) is 28.1 Å². The topological polar surface area (TPSA) is 37.3 Å². The van der Waals surface area contributed by atoms with Gasteiger partial charge in [0, 0.05) is 4.47 Å². The Labute approximate surface area is 75.0 Å². The molecule has 0 aromatic heterocycles. The lowest BCUT2D eigenvalue weighted by molar-refractivity contribution is 0.0689. The minimum atomic E-state index is -1.50. The van der Waals surface area contributed by atoms with Crippen molar-refractivity contribution in [2.45, 2.75) is 0 Å². The first kappa shape index (κ1) is 9.12. The first-order chi connectivity index (χ1) is 5.54. The zero-order chi connectivity index (χ0) is 9.30. The van der Waals surface area contributed by atoms with Crippen LogP contribution in [0.15, 0.2) is 16.6 Å². The van der Waals surface area contributed by atoms with E-state index in [4.69, 9.17) is 5.11 Å². The lowest BCUT2D eigenvalue weighted by Gasteiger charge is -2.00. The Morgan fingerprint density at radius 2 is 2.00 bits per heavy atom. The molecule has 0 radical (unpaired) electrons. The van der Waals surface area contributed by atoms with Crippen molar-refractivity contribution >= 4 is 21.9 Å². The SMILES string of the molecule is O=C(O)c1c(Br)ccc(F)c1F. The third-order valence-corrected chi connectivity index (χ3v) is 1.92. The minimum Gasteiger partial charge on any atom is -0.478 e. The third-order valence-electron chi connectivity index (χ3n) is 1.26. The molecule has 0 aliphatic heterocycles. The van der Waals surface area contributed by atoms with E-state index in [1.54, 1.807) is 0 Å². The number of carboxylic acids is 1. The Morgan fingerprint density at radius 1 is 1.42 bits per heavy atom. The molecule has 64 valence electrons. The Balaban J connectivity index is 3.43. The van der Waals surface area contributed by atoms with Crippen molar-refractivity contribution in [3.05, 3.63) is 33.8 Å². The van der Waals surface area contributed by atoms with Gasteiger partial charge in [0.2, 0.25) is 0 Å². The molecule has 0 aliphatic carbocycles. The van der Waals surface area contributed by atoms with E-state index in [1.165, 1.54) is 0 Å². The second kappa shape index (κ2) is 3.18. The van der Waals surface area contributed by atoms with Crippen LogP contribution in [0.2, 0.25) is 0 Å². The smallest absolute Gasteiger partial charge is 0.339 e. The van der Waals surface area contributed by atoms with Crippen LogP contribution in [0.4, 0.5) is 8.78 Å². The van der Waals surface area contributed by atoms with E-state index in [0.29, 0.717) is 0 Å². The maximum Gasteiger partial charge on any atom is 0.339 e. The van der Waals surface area contributed by atoms with Crippen molar-refractivity contribution in [2.75, 3.05) is 0 Å².